The van der Waals surface area contributed by atoms with Crippen LogP contribution in [0.2, 0.25) is 0 Å². The third-order valence-electron chi connectivity index (χ3n) is 3.27. The Kier molecular flexibility index (Phi) is 4.44. The molecular formula is C14H24. The van der Waals surface area contributed by atoms with Crippen LogP contribution in [-0.2, 0) is 0 Å². The van der Waals surface area contributed by atoms with Crippen LogP contribution >= 0.6 is 0 Å². The van der Waals surface area contributed by atoms with Crippen LogP contribution in [0.3, 0.4) is 0 Å². The van der Waals surface area contributed by atoms with E-state index in [4.69, 9.17) is 0 Å². The summed E-state index contributed by atoms with van der Waals surface area (Å²) in [5.74, 6) is 3.13. The lowest BCUT2D eigenvalue weighted by Crippen LogP contribution is -2.01. The van der Waals surface area contributed by atoms with Crippen LogP contribution in [0.5, 0.6) is 0 Å². The van der Waals surface area contributed by atoms with Crippen molar-refractivity contribution in [1.82, 2.24) is 0 Å². The van der Waals surface area contributed by atoms with Gasteiger partial charge in [0.25, 0.3) is 0 Å². The molecule has 0 aromatic heterocycles. The minimum atomic E-state index is 0.709. The monoisotopic (exact) mass is 192 g/mol. The zero-order chi connectivity index (χ0) is 10.6. The molecule has 0 nitrogen and oxygen atoms in total. The average molecular weight is 192 g/mol. The zero-order valence-electron chi connectivity index (χ0n) is 10.0. The van der Waals surface area contributed by atoms with Gasteiger partial charge in [0.15, 0.2) is 0 Å². The molecule has 14 heavy (non-hydrogen) atoms. The van der Waals surface area contributed by atoms with E-state index in [1.165, 1.54) is 12.8 Å². The van der Waals surface area contributed by atoms with E-state index in [1.54, 1.807) is 0 Å². The molecule has 1 aliphatic carbocycles. The molecule has 0 aromatic carbocycles. The second kappa shape index (κ2) is 5.38. The minimum Gasteiger partial charge on any atom is -0.0911 e. The highest BCUT2D eigenvalue weighted by atomic mass is 14.3. The highest BCUT2D eigenvalue weighted by Gasteiger charge is 2.27. The fourth-order valence-electron chi connectivity index (χ4n) is 1.61. The van der Waals surface area contributed by atoms with Gasteiger partial charge >= 0.3 is 0 Å². The average Bonchev–Trinajstić information content (AvgIpc) is 2.94. The number of hydrogen-bond acceptors (Lipinski definition) is 0. The predicted molar refractivity (Wildman–Crippen MR) is 64.2 cm³/mol. The smallest absolute Gasteiger partial charge is 0.00252 e. The van der Waals surface area contributed by atoms with E-state index < -0.39 is 0 Å². The lowest BCUT2D eigenvalue weighted by Gasteiger charge is -2.12. The Morgan fingerprint density at radius 3 is 2.07 bits per heavy atom. The van der Waals surface area contributed by atoms with Crippen molar-refractivity contribution in [1.29, 1.82) is 0 Å². The Morgan fingerprint density at radius 1 is 1.00 bits per heavy atom. The summed E-state index contributed by atoms with van der Waals surface area (Å²) in [5.41, 5.74) is 0. The van der Waals surface area contributed by atoms with Crippen molar-refractivity contribution >= 4 is 0 Å². The normalized spacial score (nSPS) is 22.4. The van der Waals surface area contributed by atoms with E-state index in [-0.39, 0.29) is 0 Å². The van der Waals surface area contributed by atoms with Crippen molar-refractivity contribution in [3.63, 3.8) is 0 Å². The maximum absolute atomic E-state index is 2.42. The van der Waals surface area contributed by atoms with Gasteiger partial charge in [-0.15, -0.1) is 0 Å². The second-order valence-electron chi connectivity index (χ2n) is 4.93. The predicted octanol–water partition coefficient (Wildman–Crippen LogP) is 4.44. The van der Waals surface area contributed by atoms with Crippen molar-refractivity contribution in [3.8, 4) is 0 Å². The Morgan fingerprint density at radius 2 is 1.64 bits per heavy atom. The lowest BCUT2D eigenvalue weighted by atomic mass is 9.94. The van der Waals surface area contributed by atoms with Gasteiger partial charge < -0.3 is 0 Å². The van der Waals surface area contributed by atoms with E-state index in [0.29, 0.717) is 11.8 Å². The quantitative estimate of drug-likeness (QED) is 0.565. The topological polar surface area (TPSA) is 0 Å². The molecule has 0 aliphatic heterocycles. The van der Waals surface area contributed by atoms with Crippen LogP contribution in [-0.4, -0.2) is 0 Å². The van der Waals surface area contributed by atoms with Gasteiger partial charge in [-0.3, -0.25) is 0 Å². The van der Waals surface area contributed by atoms with Gasteiger partial charge in [-0.2, -0.15) is 0 Å². The molecule has 0 amide bonds. The molecule has 0 saturated heterocycles. The molecule has 2 unspecified atom stereocenters. The van der Waals surface area contributed by atoms with Crippen molar-refractivity contribution in [2.24, 2.45) is 23.7 Å². The van der Waals surface area contributed by atoms with Crippen molar-refractivity contribution in [2.45, 2.75) is 40.5 Å². The maximum atomic E-state index is 2.42. The first-order valence-corrected chi connectivity index (χ1v) is 5.96. The highest BCUT2D eigenvalue weighted by molar-refractivity contribution is 5.07. The Hall–Kier alpha value is -0.520. The molecule has 0 heteroatoms. The molecule has 0 aromatic rings. The van der Waals surface area contributed by atoms with E-state index in [2.05, 4.69) is 52.0 Å². The van der Waals surface area contributed by atoms with Crippen LogP contribution in [0.4, 0.5) is 0 Å². The van der Waals surface area contributed by atoms with Crippen LogP contribution in [0.15, 0.2) is 24.3 Å². The molecule has 1 fully saturated rings. The van der Waals surface area contributed by atoms with Gasteiger partial charge in [-0.1, -0.05) is 45.1 Å². The van der Waals surface area contributed by atoms with Crippen LogP contribution in [0, 0.1) is 23.7 Å². The molecule has 80 valence electrons. The molecule has 1 aliphatic rings. The first-order valence-electron chi connectivity index (χ1n) is 5.96. The molecule has 1 saturated carbocycles. The largest absolute Gasteiger partial charge is 0.0911 e. The fourth-order valence-corrected chi connectivity index (χ4v) is 1.61. The molecule has 2 atom stereocenters. The Labute approximate surface area is 89.1 Å². The molecule has 0 radical (unpaired) electrons. The summed E-state index contributed by atoms with van der Waals surface area (Å²) >= 11 is 0. The van der Waals surface area contributed by atoms with E-state index in [1.807, 2.05) is 0 Å². The van der Waals surface area contributed by atoms with Gasteiger partial charge in [0.2, 0.25) is 0 Å². The number of allylic oxidation sites excluding steroid dienone is 4. The Balaban J connectivity index is 2.45. The summed E-state index contributed by atoms with van der Waals surface area (Å²) in [5, 5.41) is 0. The van der Waals surface area contributed by atoms with E-state index in [9.17, 15) is 0 Å². The summed E-state index contributed by atoms with van der Waals surface area (Å²) in [7, 11) is 0. The van der Waals surface area contributed by atoms with Crippen molar-refractivity contribution in [3.05, 3.63) is 24.3 Å². The van der Waals surface area contributed by atoms with Crippen LogP contribution in [0.1, 0.15) is 40.5 Å². The van der Waals surface area contributed by atoms with Crippen LogP contribution in [0.25, 0.3) is 0 Å². The number of hydrogen-bond donors (Lipinski definition) is 0. The molecule has 0 spiro atoms. The molecular weight excluding hydrogens is 168 g/mol. The van der Waals surface area contributed by atoms with Crippen molar-refractivity contribution in [2.75, 3.05) is 0 Å². The third-order valence-corrected chi connectivity index (χ3v) is 3.27. The summed E-state index contributed by atoms with van der Waals surface area (Å²) < 4.78 is 0. The summed E-state index contributed by atoms with van der Waals surface area (Å²) in [6, 6.07) is 0. The number of rotatable bonds is 5. The fraction of sp³-hybridized carbons (Fsp3) is 0.714. The molecule has 0 heterocycles. The first-order chi connectivity index (χ1) is 6.65. The maximum Gasteiger partial charge on any atom is -0.00252 e. The van der Waals surface area contributed by atoms with Gasteiger partial charge in [0.1, 0.15) is 0 Å². The highest BCUT2D eigenvalue weighted by Crippen LogP contribution is 2.38. The molecule has 1 rings (SSSR count). The summed E-state index contributed by atoms with van der Waals surface area (Å²) in [6.07, 6.45) is 12.2. The third kappa shape index (κ3) is 3.69. The summed E-state index contributed by atoms with van der Waals surface area (Å²) in [6.45, 7) is 9.00. The van der Waals surface area contributed by atoms with Gasteiger partial charge in [-0.25, -0.2) is 0 Å². The lowest BCUT2D eigenvalue weighted by molar-refractivity contribution is 0.500. The van der Waals surface area contributed by atoms with Crippen LogP contribution < -0.4 is 0 Å². The summed E-state index contributed by atoms with van der Waals surface area (Å²) in [4.78, 5) is 0. The second-order valence-corrected chi connectivity index (χ2v) is 4.93. The standard InChI is InChI=1S/C14H24/c1-5-6-13(14-9-10-14)8-7-12(4)11(2)3/h5-8,11-14H,9-10H2,1-4H3. The van der Waals surface area contributed by atoms with Gasteiger partial charge in [0.05, 0.1) is 0 Å². The Bertz CT molecular complexity index is 206. The molecule has 0 bridgehead atoms. The molecule has 0 N–H and O–H groups in total. The van der Waals surface area contributed by atoms with Gasteiger partial charge in [0, 0.05) is 0 Å². The van der Waals surface area contributed by atoms with E-state index in [0.717, 1.165) is 11.8 Å². The first kappa shape index (κ1) is 11.6. The SMILES string of the molecule is CC=CC(C=CC(C)C(C)C)C1CC1. The minimum absolute atomic E-state index is 0.709. The van der Waals surface area contributed by atoms with Gasteiger partial charge in [-0.05, 0) is 43.4 Å². The van der Waals surface area contributed by atoms with Crippen molar-refractivity contribution < 1.29 is 0 Å². The zero-order valence-corrected chi connectivity index (χ0v) is 10.0. The van der Waals surface area contributed by atoms with E-state index >= 15 is 0 Å².